The van der Waals surface area contributed by atoms with Crippen LogP contribution < -0.4 is 22.3 Å². The second-order valence-electron chi connectivity index (χ2n) is 5.26. The van der Waals surface area contributed by atoms with Crippen molar-refractivity contribution in [2.24, 2.45) is 5.92 Å². The maximum absolute atomic E-state index is 11.8. The van der Waals surface area contributed by atoms with Crippen molar-refractivity contribution in [3.05, 3.63) is 20.8 Å². The van der Waals surface area contributed by atoms with Gasteiger partial charge in [0, 0.05) is 19.0 Å². The highest BCUT2D eigenvalue weighted by atomic mass is 16.3. The molecule has 0 aromatic carbocycles. The van der Waals surface area contributed by atoms with Gasteiger partial charge in [-0.05, 0) is 19.8 Å². The lowest BCUT2D eigenvalue weighted by Gasteiger charge is -2.28. The summed E-state index contributed by atoms with van der Waals surface area (Å²) >= 11 is 0. The number of aromatic nitrogens is 2. The predicted octanol–water partition coefficient (Wildman–Crippen LogP) is 0.102. The van der Waals surface area contributed by atoms with Gasteiger partial charge < -0.3 is 16.2 Å². The molecule has 1 aliphatic carbocycles. The SMILES string of the molecule is CCn1c(N)c(NCC2CCCCC2O)c(=O)[nH]c1=O. The van der Waals surface area contributed by atoms with Gasteiger partial charge in [-0.3, -0.25) is 14.3 Å². The summed E-state index contributed by atoms with van der Waals surface area (Å²) in [6.07, 6.45) is 3.52. The molecule has 0 aliphatic heterocycles. The minimum Gasteiger partial charge on any atom is -0.393 e. The van der Waals surface area contributed by atoms with Gasteiger partial charge in [-0.15, -0.1) is 0 Å². The molecule has 1 aromatic heterocycles. The van der Waals surface area contributed by atoms with Gasteiger partial charge in [0.05, 0.1) is 6.10 Å². The quantitative estimate of drug-likeness (QED) is 0.625. The summed E-state index contributed by atoms with van der Waals surface area (Å²) in [5.74, 6) is 0.260. The van der Waals surface area contributed by atoms with E-state index in [9.17, 15) is 14.7 Å². The Hall–Kier alpha value is -1.76. The first-order chi connectivity index (χ1) is 9.54. The number of aliphatic hydroxyl groups excluding tert-OH is 1. The van der Waals surface area contributed by atoms with E-state index in [0.29, 0.717) is 13.1 Å². The Morgan fingerprint density at radius 2 is 2.10 bits per heavy atom. The van der Waals surface area contributed by atoms with Gasteiger partial charge in [0.25, 0.3) is 5.56 Å². The van der Waals surface area contributed by atoms with Crippen molar-refractivity contribution < 1.29 is 5.11 Å². The lowest BCUT2D eigenvalue weighted by Crippen LogP contribution is -2.36. The smallest absolute Gasteiger partial charge is 0.330 e. The summed E-state index contributed by atoms with van der Waals surface area (Å²) in [6, 6.07) is 0. The summed E-state index contributed by atoms with van der Waals surface area (Å²) < 4.78 is 1.31. The molecule has 112 valence electrons. The minimum atomic E-state index is -0.512. The van der Waals surface area contributed by atoms with Crippen LogP contribution >= 0.6 is 0 Å². The number of hydrogen-bond donors (Lipinski definition) is 4. The molecule has 0 saturated heterocycles. The molecule has 2 unspecified atom stereocenters. The first-order valence-electron chi connectivity index (χ1n) is 7.09. The number of nitrogen functional groups attached to an aromatic ring is 1. The van der Waals surface area contributed by atoms with Gasteiger partial charge in [0.15, 0.2) is 0 Å². The number of aromatic amines is 1. The van der Waals surface area contributed by atoms with E-state index in [1.165, 1.54) is 4.57 Å². The lowest BCUT2D eigenvalue weighted by atomic mass is 9.86. The van der Waals surface area contributed by atoms with Gasteiger partial charge in [-0.2, -0.15) is 0 Å². The van der Waals surface area contributed by atoms with Crippen molar-refractivity contribution in [1.82, 2.24) is 9.55 Å². The number of H-pyrrole nitrogens is 1. The molecule has 1 saturated carbocycles. The van der Waals surface area contributed by atoms with Crippen LogP contribution in [-0.2, 0) is 6.54 Å². The molecule has 7 heteroatoms. The summed E-state index contributed by atoms with van der Waals surface area (Å²) in [5, 5.41) is 12.9. The lowest BCUT2D eigenvalue weighted by molar-refractivity contribution is 0.0763. The van der Waals surface area contributed by atoms with Crippen molar-refractivity contribution >= 4 is 11.5 Å². The minimum absolute atomic E-state index is 0.115. The van der Waals surface area contributed by atoms with E-state index in [1.807, 2.05) is 0 Å². The van der Waals surface area contributed by atoms with Crippen LogP contribution in [-0.4, -0.2) is 27.3 Å². The molecule has 0 bridgehead atoms. The molecular formula is C13H22N4O3. The highest BCUT2D eigenvalue weighted by molar-refractivity contribution is 5.60. The normalized spacial score (nSPS) is 22.7. The van der Waals surface area contributed by atoms with Gasteiger partial charge in [-0.25, -0.2) is 4.79 Å². The van der Waals surface area contributed by atoms with Crippen LogP contribution in [0.4, 0.5) is 11.5 Å². The topological polar surface area (TPSA) is 113 Å². The van der Waals surface area contributed by atoms with Crippen LogP contribution in [0, 0.1) is 5.92 Å². The van der Waals surface area contributed by atoms with Crippen molar-refractivity contribution in [3.63, 3.8) is 0 Å². The molecule has 2 rings (SSSR count). The van der Waals surface area contributed by atoms with E-state index in [2.05, 4.69) is 10.3 Å². The number of nitrogens with one attached hydrogen (secondary N) is 2. The summed E-state index contributed by atoms with van der Waals surface area (Å²) in [7, 11) is 0. The summed E-state index contributed by atoms with van der Waals surface area (Å²) in [6.45, 7) is 2.66. The largest absolute Gasteiger partial charge is 0.393 e. The highest BCUT2D eigenvalue weighted by Gasteiger charge is 2.23. The standard InChI is InChI=1S/C13H22N4O3/c1-2-17-11(14)10(12(19)16-13(17)20)15-7-8-5-3-4-6-9(8)18/h8-9,15,18H,2-7,14H2,1H3,(H,16,19,20). The fraction of sp³-hybridized carbons (Fsp3) is 0.692. The Labute approximate surface area is 116 Å². The first-order valence-corrected chi connectivity index (χ1v) is 7.09. The Morgan fingerprint density at radius 3 is 2.75 bits per heavy atom. The van der Waals surface area contributed by atoms with Crippen LogP contribution in [0.1, 0.15) is 32.6 Å². The molecule has 0 radical (unpaired) electrons. The van der Waals surface area contributed by atoms with E-state index in [1.54, 1.807) is 6.92 Å². The Morgan fingerprint density at radius 1 is 1.40 bits per heavy atom. The van der Waals surface area contributed by atoms with Gasteiger partial charge >= 0.3 is 5.69 Å². The fourth-order valence-corrected chi connectivity index (χ4v) is 2.73. The van der Waals surface area contributed by atoms with E-state index in [4.69, 9.17) is 5.73 Å². The third-order valence-corrected chi connectivity index (χ3v) is 3.97. The van der Waals surface area contributed by atoms with E-state index in [0.717, 1.165) is 25.7 Å². The number of anilines is 2. The van der Waals surface area contributed by atoms with Gasteiger partial charge in [0.1, 0.15) is 11.5 Å². The molecule has 1 fully saturated rings. The van der Waals surface area contributed by atoms with Gasteiger partial charge in [0.2, 0.25) is 0 Å². The second kappa shape index (κ2) is 6.13. The van der Waals surface area contributed by atoms with E-state index >= 15 is 0 Å². The molecule has 2 atom stereocenters. The zero-order valence-electron chi connectivity index (χ0n) is 11.7. The zero-order valence-corrected chi connectivity index (χ0v) is 11.7. The average molecular weight is 282 g/mol. The molecule has 20 heavy (non-hydrogen) atoms. The number of hydrogen-bond acceptors (Lipinski definition) is 5. The molecule has 0 spiro atoms. The zero-order chi connectivity index (χ0) is 14.7. The van der Waals surface area contributed by atoms with Crippen LogP contribution in [0.2, 0.25) is 0 Å². The maximum Gasteiger partial charge on any atom is 0.330 e. The number of nitrogens with zero attached hydrogens (tertiary/aromatic N) is 1. The molecule has 7 nitrogen and oxygen atoms in total. The van der Waals surface area contributed by atoms with Crippen LogP contribution in [0.5, 0.6) is 0 Å². The predicted molar refractivity (Wildman–Crippen MR) is 77.9 cm³/mol. The second-order valence-corrected chi connectivity index (χ2v) is 5.26. The number of nitrogens with two attached hydrogens (primary N) is 1. The van der Waals surface area contributed by atoms with E-state index < -0.39 is 11.2 Å². The molecule has 1 aromatic rings. The van der Waals surface area contributed by atoms with Crippen LogP contribution in [0.3, 0.4) is 0 Å². The third kappa shape index (κ3) is 2.87. The van der Waals surface area contributed by atoms with Crippen molar-refractivity contribution in [3.8, 4) is 0 Å². The Bertz CT molecular complexity index is 578. The first kappa shape index (κ1) is 14.6. The molecule has 1 aliphatic rings. The maximum atomic E-state index is 11.8. The molecule has 0 amide bonds. The Balaban J connectivity index is 2.17. The highest BCUT2D eigenvalue weighted by Crippen LogP contribution is 2.24. The summed E-state index contributed by atoms with van der Waals surface area (Å²) in [4.78, 5) is 25.6. The van der Waals surface area contributed by atoms with E-state index in [-0.39, 0.29) is 23.5 Å². The monoisotopic (exact) mass is 282 g/mol. The average Bonchev–Trinajstić information content (AvgIpc) is 2.40. The molecular weight excluding hydrogens is 260 g/mol. The van der Waals surface area contributed by atoms with Crippen molar-refractivity contribution in [2.75, 3.05) is 17.6 Å². The van der Waals surface area contributed by atoms with Crippen molar-refractivity contribution in [2.45, 2.75) is 45.3 Å². The Kier molecular flexibility index (Phi) is 4.49. The number of rotatable bonds is 4. The van der Waals surface area contributed by atoms with Gasteiger partial charge in [-0.1, -0.05) is 12.8 Å². The van der Waals surface area contributed by atoms with Crippen molar-refractivity contribution in [1.29, 1.82) is 0 Å². The molecule has 5 N–H and O–H groups in total. The fourth-order valence-electron chi connectivity index (χ4n) is 2.73. The van der Waals surface area contributed by atoms with Crippen LogP contribution in [0.25, 0.3) is 0 Å². The van der Waals surface area contributed by atoms with Crippen LogP contribution in [0.15, 0.2) is 9.59 Å². The third-order valence-electron chi connectivity index (χ3n) is 3.97. The number of aliphatic hydroxyl groups is 1. The molecule has 1 heterocycles. The summed E-state index contributed by atoms with van der Waals surface area (Å²) in [5.41, 5.74) is 5.06.